The predicted octanol–water partition coefficient (Wildman–Crippen LogP) is 4.23. The van der Waals surface area contributed by atoms with Gasteiger partial charge in [0.25, 0.3) is 10.0 Å². The van der Waals surface area contributed by atoms with Gasteiger partial charge in [0.2, 0.25) is 0 Å². The van der Waals surface area contributed by atoms with Crippen LogP contribution in [0, 0.1) is 5.82 Å². The largest absolute Gasteiger partial charge is 0.497 e. The van der Waals surface area contributed by atoms with E-state index in [-0.39, 0.29) is 11.4 Å². The molecule has 3 aromatic rings. The highest BCUT2D eigenvalue weighted by molar-refractivity contribution is 7.92. The van der Waals surface area contributed by atoms with Crippen LogP contribution in [0.2, 0.25) is 0 Å². The Bertz CT molecular complexity index is 973. The van der Waals surface area contributed by atoms with Gasteiger partial charge >= 0.3 is 0 Å². The second-order valence-corrected chi connectivity index (χ2v) is 7.51. The van der Waals surface area contributed by atoms with Crippen molar-refractivity contribution < 1.29 is 17.5 Å². The number of rotatable bonds is 6. The highest BCUT2D eigenvalue weighted by Gasteiger charge is 2.25. The quantitative estimate of drug-likeness (QED) is 0.651. The zero-order chi connectivity index (χ0) is 18.6. The molecule has 0 N–H and O–H groups in total. The molecule has 0 atom stereocenters. The van der Waals surface area contributed by atoms with Crippen LogP contribution in [0.4, 0.5) is 10.1 Å². The minimum Gasteiger partial charge on any atom is -0.497 e. The summed E-state index contributed by atoms with van der Waals surface area (Å²) < 4.78 is 46.3. The second-order valence-electron chi connectivity index (χ2n) is 5.65. The average Bonchev–Trinajstić information content (AvgIpc) is 2.67. The molecule has 0 heterocycles. The Labute approximate surface area is 152 Å². The first-order valence-electron chi connectivity index (χ1n) is 7.97. The minimum absolute atomic E-state index is 0.0239. The smallest absolute Gasteiger partial charge is 0.264 e. The van der Waals surface area contributed by atoms with Crippen LogP contribution >= 0.6 is 0 Å². The van der Waals surface area contributed by atoms with E-state index in [0.29, 0.717) is 17.0 Å². The van der Waals surface area contributed by atoms with Crippen LogP contribution in [-0.2, 0) is 16.6 Å². The molecule has 0 bridgehead atoms. The third-order valence-electron chi connectivity index (χ3n) is 3.91. The number of para-hydroxylation sites is 1. The van der Waals surface area contributed by atoms with E-state index in [1.165, 1.54) is 35.7 Å². The maximum absolute atomic E-state index is 13.5. The topological polar surface area (TPSA) is 46.6 Å². The van der Waals surface area contributed by atoms with Crippen molar-refractivity contribution in [3.8, 4) is 5.75 Å². The van der Waals surface area contributed by atoms with E-state index in [1.807, 2.05) is 6.07 Å². The van der Waals surface area contributed by atoms with Crippen LogP contribution < -0.4 is 9.04 Å². The Morgan fingerprint density at radius 1 is 0.923 bits per heavy atom. The van der Waals surface area contributed by atoms with E-state index in [2.05, 4.69) is 0 Å². The lowest BCUT2D eigenvalue weighted by atomic mass is 10.2. The van der Waals surface area contributed by atoms with E-state index in [0.717, 1.165) is 0 Å². The first-order valence-corrected chi connectivity index (χ1v) is 9.41. The van der Waals surface area contributed by atoms with Gasteiger partial charge in [0.1, 0.15) is 11.6 Å². The lowest BCUT2D eigenvalue weighted by Gasteiger charge is -2.25. The van der Waals surface area contributed by atoms with Crippen LogP contribution in [0.15, 0.2) is 83.8 Å². The molecule has 0 radical (unpaired) electrons. The third-order valence-corrected chi connectivity index (χ3v) is 5.69. The highest BCUT2D eigenvalue weighted by Crippen LogP contribution is 2.27. The van der Waals surface area contributed by atoms with E-state index in [4.69, 9.17) is 4.74 Å². The van der Waals surface area contributed by atoms with E-state index in [1.54, 1.807) is 48.5 Å². The van der Waals surface area contributed by atoms with E-state index in [9.17, 15) is 12.8 Å². The molecule has 0 aliphatic rings. The maximum Gasteiger partial charge on any atom is 0.264 e. The molecule has 0 aromatic heterocycles. The number of halogens is 1. The second kappa shape index (κ2) is 7.58. The summed E-state index contributed by atoms with van der Waals surface area (Å²) in [6.07, 6.45) is 0. The van der Waals surface area contributed by atoms with Crippen LogP contribution in [-0.4, -0.2) is 15.5 Å². The number of hydrogen-bond acceptors (Lipinski definition) is 3. The van der Waals surface area contributed by atoms with Crippen LogP contribution in [0.1, 0.15) is 5.56 Å². The van der Waals surface area contributed by atoms with Crippen molar-refractivity contribution in [2.24, 2.45) is 0 Å². The molecular formula is C20H18FNO3S. The number of benzene rings is 3. The fourth-order valence-corrected chi connectivity index (χ4v) is 4.04. The van der Waals surface area contributed by atoms with Gasteiger partial charge < -0.3 is 4.74 Å². The molecule has 6 heteroatoms. The van der Waals surface area contributed by atoms with Crippen molar-refractivity contribution in [2.75, 3.05) is 11.4 Å². The summed E-state index contributed by atoms with van der Waals surface area (Å²) >= 11 is 0. The first kappa shape index (κ1) is 17.9. The fourth-order valence-electron chi connectivity index (χ4n) is 2.59. The molecule has 0 saturated heterocycles. The number of methoxy groups -OCH3 is 1. The van der Waals surface area contributed by atoms with Crippen molar-refractivity contribution in [2.45, 2.75) is 11.4 Å². The summed E-state index contributed by atoms with van der Waals surface area (Å²) in [6, 6.07) is 20.9. The molecule has 134 valence electrons. The summed E-state index contributed by atoms with van der Waals surface area (Å²) in [5.74, 6) is 0.165. The molecule has 4 nitrogen and oxygen atoms in total. The van der Waals surface area contributed by atoms with Crippen LogP contribution in [0.3, 0.4) is 0 Å². The Balaban J connectivity index is 2.04. The molecule has 0 aliphatic carbocycles. The van der Waals surface area contributed by atoms with Crippen molar-refractivity contribution in [3.63, 3.8) is 0 Å². The number of hydrogen-bond donors (Lipinski definition) is 0. The monoisotopic (exact) mass is 371 g/mol. The number of nitrogens with zero attached hydrogens (tertiary/aromatic N) is 1. The molecule has 0 unspecified atom stereocenters. The summed E-state index contributed by atoms with van der Waals surface area (Å²) in [5.41, 5.74) is 1.07. The van der Waals surface area contributed by atoms with E-state index >= 15 is 0 Å². The number of anilines is 1. The standard InChI is InChI=1S/C20H18FNO3S/c1-25-19-10-12-20(13-11-19)26(23,24)22(18-8-3-2-4-9-18)15-16-6-5-7-17(21)14-16/h2-14H,15H2,1H3. The van der Waals surface area contributed by atoms with Crippen molar-refractivity contribution in [1.82, 2.24) is 0 Å². The number of ether oxygens (including phenoxy) is 1. The maximum atomic E-state index is 13.5. The molecule has 0 spiro atoms. The normalized spacial score (nSPS) is 11.2. The van der Waals surface area contributed by atoms with Gasteiger partial charge in [-0.05, 0) is 54.1 Å². The van der Waals surface area contributed by atoms with E-state index < -0.39 is 15.8 Å². The molecule has 26 heavy (non-hydrogen) atoms. The molecule has 3 rings (SSSR count). The Kier molecular flexibility index (Phi) is 5.23. The summed E-state index contributed by atoms with van der Waals surface area (Å²) in [4.78, 5) is 0.138. The van der Waals surface area contributed by atoms with Crippen LogP contribution in [0.5, 0.6) is 5.75 Å². The zero-order valence-electron chi connectivity index (χ0n) is 14.2. The number of sulfonamides is 1. The third kappa shape index (κ3) is 3.86. The van der Waals surface area contributed by atoms with Gasteiger partial charge in [0.15, 0.2) is 0 Å². The van der Waals surface area contributed by atoms with Gasteiger partial charge in [-0.3, -0.25) is 4.31 Å². The van der Waals surface area contributed by atoms with Gasteiger partial charge in [0, 0.05) is 0 Å². The molecule has 0 amide bonds. The minimum atomic E-state index is -3.83. The molecule has 0 fully saturated rings. The molecule has 0 aliphatic heterocycles. The SMILES string of the molecule is COc1ccc(S(=O)(=O)N(Cc2cccc(F)c2)c2ccccc2)cc1. The average molecular weight is 371 g/mol. The van der Waals surface area contributed by atoms with Crippen molar-refractivity contribution in [1.29, 1.82) is 0 Å². The summed E-state index contributed by atoms with van der Waals surface area (Å²) in [5, 5.41) is 0. The van der Waals surface area contributed by atoms with Gasteiger partial charge in [-0.15, -0.1) is 0 Å². The molecule has 0 saturated carbocycles. The van der Waals surface area contributed by atoms with Gasteiger partial charge in [-0.25, -0.2) is 12.8 Å². The Morgan fingerprint density at radius 3 is 2.23 bits per heavy atom. The lowest BCUT2D eigenvalue weighted by molar-refractivity contribution is 0.414. The van der Waals surface area contributed by atoms with Crippen molar-refractivity contribution >= 4 is 15.7 Å². The van der Waals surface area contributed by atoms with Gasteiger partial charge in [-0.2, -0.15) is 0 Å². The lowest BCUT2D eigenvalue weighted by Crippen LogP contribution is -2.30. The summed E-state index contributed by atoms with van der Waals surface area (Å²) in [6.45, 7) is 0.0239. The Hall–Kier alpha value is -2.86. The van der Waals surface area contributed by atoms with Crippen molar-refractivity contribution in [3.05, 3.63) is 90.2 Å². The molecular weight excluding hydrogens is 353 g/mol. The fraction of sp³-hybridized carbons (Fsp3) is 0.100. The highest BCUT2D eigenvalue weighted by atomic mass is 32.2. The first-order chi connectivity index (χ1) is 12.5. The Morgan fingerprint density at radius 2 is 1.62 bits per heavy atom. The van der Waals surface area contributed by atoms with Crippen LogP contribution in [0.25, 0.3) is 0 Å². The summed E-state index contributed by atoms with van der Waals surface area (Å²) in [7, 11) is -2.32. The zero-order valence-corrected chi connectivity index (χ0v) is 15.0. The van der Waals surface area contributed by atoms with Gasteiger partial charge in [0.05, 0.1) is 24.2 Å². The molecule has 3 aromatic carbocycles. The van der Waals surface area contributed by atoms with Gasteiger partial charge in [-0.1, -0.05) is 30.3 Å². The predicted molar refractivity (Wildman–Crippen MR) is 99.2 cm³/mol.